The van der Waals surface area contributed by atoms with Gasteiger partial charge in [-0.05, 0) is 57.8 Å². The number of carbonyl (C=O) groups excluding carboxylic acids is 1. The fourth-order valence-electron chi connectivity index (χ4n) is 4.65. The topological polar surface area (TPSA) is 143 Å². The smallest absolute Gasteiger partial charge is 0.234 e. The van der Waals surface area contributed by atoms with Gasteiger partial charge in [-0.15, -0.1) is 0 Å². The van der Waals surface area contributed by atoms with Crippen LogP contribution in [0.3, 0.4) is 0 Å². The standard InChI is InChI=1S/C29H50N2O10/c1-21(6-7-28-29(41-28)24(8-10-31-33)5-4-9-30-20-32)11-38-25(14-34-12-22(2)36-16-26-18-39-26)15-35-13-23(3)37-17-27-19-40-27/h21-29H,4-19H2,1-3H3. The fraction of sp³-hybridized carbons (Fsp3) is 0.966. The summed E-state index contributed by atoms with van der Waals surface area (Å²) in [6.07, 6.45) is 6.37. The van der Waals surface area contributed by atoms with Crippen LogP contribution in [0.1, 0.15) is 52.9 Å². The molecular formula is C29H50N2O10. The number of aliphatic imine (C=N–C) groups is 1. The van der Waals surface area contributed by atoms with Gasteiger partial charge in [-0.3, -0.25) is 0 Å². The molecule has 3 fully saturated rings. The van der Waals surface area contributed by atoms with E-state index in [1.54, 1.807) is 6.08 Å². The molecule has 3 saturated heterocycles. The molecule has 0 amide bonds. The van der Waals surface area contributed by atoms with Gasteiger partial charge < -0.3 is 37.9 Å². The summed E-state index contributed by atoms with van der Waals surface area (Å²) in [5, 5.41) is 3.02. The number of epoxide rings is 3. The monoisotopic (exact) mass is 586 g/mol. The Labute approximate surface area is 244 Å². The maximum absolute atomic E-state index is 10.6. The molecule has 3 aliphatic heterocycles. The zero-order valence-corrected chi connectivity index (χ0v) is 25.0. The van der Waals surface area contributed by atoms with Crippen LogP contribution in [-0.4, -0.2) is 121 Å². The normalized spacial score (nSPS) is 26.4. The zero-order valence-electron chi connectivity index (χ0n) is 25.0. The van der Waals surface area contributed by atoms with Gasteiger partial charge in [0.25, 0.3) is 0 Å². The number of ether oxygens (including phenoxy) is 8. The maximum atomic E-state index is 10.6. The van der Waals surface area contributed by atoms with Gasteiger partial charge in [0.2, 0.25) is 6.08 Å². The molecule has 3 heterocycles. The highest BCUT2D eigenvalue weighted by molar-refractivity contribution is 5.32. The van der Waals surface area contributed by atoms with Gasteiger partial charge >= 0.3 is 0 Å². The number of nitroso groups, excluding NO2 is 1. The third-order valence-corrected chi connectivity index (χ3v) is 7.40. The minimum atomic E-state index is -0.199. The van der Waals surface area contributed by atoms with Crippen LogP contribution >= 0.6 is 0 Å². The molecule has 0 aromatic rings. The van der Waals surface area contributed by atoms with Crippen molar-refractivity contribution < 1.29 is 42.7 Å². The SMILES string of the molecule is CC(CCC1OC1C(CCCN=C=O)CCN=O)COC(COCC(C)OCC1CO1)COCC(C)OCC1CO1. The predicted octanol–water partition coefficient (Wildman–Crippen LogP) is 3.09. The van der Waals surface area contributed by atoms with Crippen molar-refractivity contribution >= 4 is 6.08 Å². The van der Waals surface area contributed by atoms with Crippen LogP contribution in [0.2, 0.25) is 0 Å². The third-order valence-electron chi connectivity index (χ3n) is 7.40. The van der Waals surface area contributed by atoms with E-state index in [9.17, 15) is 9.70 Å². The van der Waals surface area contributed by atoms with Crippen molar-refractivity contribution in [2.24, 2.45) is 22.0 Å². The van der Waals surface area contributed by atoms with Crippen LogP contribution in [0.25, 0.3) is 0 Å². The van der Waals surface area contributed by atoms with Crippen molar-refractivity contribution in [3.8, 4) is 0 Å². The lowest BCUT2D eigenvalue weighted by Gasteiger charge is -2.22. The summed E-state index contributed by atoms with van der Waals surface area (Å²) in [5.74, 6) is 0.595. The second-order valence-electron chi connectivity index (χ2n) is 11.6. The summed E-state index contributed by atoms with van der Waals surface area (Å²) in [6, 6.07) is 0. The van der Waals surface area contributed by atoms with Gasteiger partial charge in [0.1, 0.15) is 18.3 Å². The molecule has 0 spiro atoms. The first-order valence-electron chi connectivity index (χ1n) is 15.2. The van der Waals surface area contributed by atoms with Crippen LogP contribution in [0.15, 0.2) is 10.2 Å². The Hall–Kier alpha value is -1.34. The van der Waals surface area contributed by atoms with Crippen molar-refractivity contribution in [1.29, 1.82) is 0 Å². The van der Waals surface area contributed by atoms with Gasteiger partial charge in [0.15, 0.2) is 0 Å². The molecule has 0 bridgehead atoms. The van der Waals surface area contributed by atoms with E-state index in [2.05, 4.69) is 17.1 Å². The molecule has 0 aromatic carbocycles. The molecule has 0 radical (unpaired) electrons. The van der Waals surface area contributed by atoms with E-state index < -0.39 is 0 Å². The number of isocyanates is 1. The summed E-state index contributed by atoms with van der Waals surface area (Å²) in [7, 11) is 0. The minimum Gasteiger partial charge on any atom is -0.376 e. The molecule has 8 atom stereocenters. The van der Waals surface area contributed by atoms with E-state index in [0.717, 1.165) is 38.9 Å². The van der Waals surface area contributed by atoms with Crippen LogP contribution in [0.5, 0.6) is 0 Å². The summed E-state index contributed by atoms with van der Waals surface area (Å²) in [5.41, 5.74) is 0. The Balaban J connectivity index is 1.33. The van der Waals surface area contributed by atoms with Gasteiger partial charge in [0, 0.05) is 6.61 Å². The molecular weight excluding hydrogens is 536 g/mol. The van der Waals surface area contributed by atoms with Gasteiger partial charge in [-0.2, -0.15) is 4.91 Å². The summed E-state index contributed by atoms with van der Waals surface area (Å²) in [6.45, 7) is 12.0. The molecule has 12 nitrogen and oxygen atoms in total. The van der Waals surface area contributed by atoms with Crippen LogP contribution in [0.4, 0.5) is 0 Å². The Morgan fingerprint density at radius 3 is 2.02 bits per heavy atom. The highest BCUT2D eigenvalue weighted by Crippen LogP contribution is 2.37. The van der Waals surface area contributed by atoms with Gasteiger partial charge in [-0.1, -0.05) is 12.1 Å². The van der Waals surface area contributed by atoms with E-state index in [4.69, 9.17) is 37.9 Å². The molecule has 0 saturated carbocycles. The lowest BCUT2D eigenvalue weighted by atomic mass is 9.92. The Morgan fingerprint density at radius 1 is 0.829 bits per heavy atom. The van der Waals surface area contributed by atoms with Crippen LogP contribution in [-0.2, 0) is 42.7 Å². The average molecular weight is 587 g/mol. The first-order chi connectivity index (χ1) is 20.0. The second-order valence-corrected chi connectivity index (χ2v) is 11.6. The highest BCUT2D eigenvalue weighted by Gasteiger charge is 2.43. The van der Waals surface area contributed by atoms with Crippen molar-refractivity contribution in [2.45, 2.75) is 95.6 Å². The maximum Gasteiger partial charge on any atom is 0.234 e. The van der Waals surface area contributed by atoms with E-state index in [0.29, 0.717) is 65.1 Å². The van der Waals surface area contributed by atoms with E-state index in [1.807, 2.05) is 13.8 Å². The summed E-state index contributed by atoms with van der Waals surface area (Å²) >= 11 is 0. The summed E-state index contributed by atoms with van der Waals surface area (Å²) in [4.78, 5) is 24.6. The largest absolute Gasteiger partial charge is 0.376 e. The van der Waals surface area contributed by atoms with Crippen LogP contribution in [0, 0.1) is 16.7 Å². The third kappa shape index (κ3) is 16.2. The lowest BCUT2D eigenvalue weighted by molar-refractivity contribution is -0.0959. The van der Waals surface area contributed by atoms with E-state index in [-0.39, 0.29) is 55.2 Å². The Morgan fingerprint density at radius 2 is 1.46 bits per heavy atom. The molecule has 0 aliphatic carbocycles. The minimum absolute atomic E-state index is 0.0202. The second kappa shape index (κ2) is 19.8. The molecule has 41 heavy (non-hydrogen) atoms. The first kappa shape index (κ1) is 34.2. The Bertz CT molecular complexity index is 734. The van der Waals surface area contributed by atoms with Crippen molar-refractivity contribution in [3.05, 3.63) is 4.91 Å². The quantitative estimate of drug-likeness (QED) is 0.0441. The van der Waals surface area contributed by atoms with Crippen LogP contribution < -0.4 is 0 Å². The lowest BCUT2D eigenvalue weighted by Crippen LogP contribution is -2.31. The average Bonchev–Trinajstić information content (AvgIpc) is 3.81. The zero-order chi connectivity index (χ0) is 29.3. The van der Waals surface area contributed by atoms with E-state index in [1.165, 1.54) is 0 Å². The number of nitrogens with zero attached hydrogens (tertiary/aromatic N) is 2. The van der Waals surface area contributed by atoms with Crippen molar-refractivity contribution in [1.82, 2.24) is 0 Å². The molecule has 0 aromatic heterocycles. The predicted molar refractivity (Wildman–Crippen MR) is 150 cm³/mol. The van der Waals surface area contributed by atoms with Crippen molar-refractivity contribution in [2.75, 3.05) is 72.6 Å². The van der Waals surface area contributed by atoms with Gasteiger partial charge in [0.05, 0.1) is 90.4 Å². The summed E-state index contributed by atoms with van der Waals surface area (Å²) < 4.78 is 45.9. The molecule has 236 valence electrons. The fourth-order valence-corrected chi connectivity index (χ4v) is 4.65. The highest BCUT2D eigenvalue weighted by atomic mass is 16.6. The first-order valence-corrected chi connectivity index (χ1v) is 15.2. The van der Waals surface area contributed by atoms with Crippen molar-refractivity contribution in [3.63, 3.8) is 0 Å². The molecule has 8 unspecified atom stereocenters. The molecule has 3 rings (SSSR count). The Kier molecular flexibility index (Phi) is 16.5. The molecule has 3 aliphatic rings. The number of hydrogen-bond acceptors (Lipinski definition) is 12. The number of hydrogen-bond donors (Lipinski definition) is 0. The molecule has 0 N–H and O–H groups in total. The molecule has 12 heteroatoms. The van der Waals surface area contributed by atoms with E-state index >= 15 is 0 Å². The number of rotatable bonds is 28. The van der Waals surface area contributed by atoms with Gasteiger partial charge in [-0.25, -0.2) is 9.79 Å².